The van der Waals surface area contributed by atoms with Crippen molar-refractivity contribution in [2.45, 2.75) is 11.3 Å². The van der Waals surface area contributed by atoms with Gasteiger partial charge in [0.1, 0.15) is 5.01 Å². The van der Waals surface area contributed by atoms with Gasteiger partial charge >= 0.3 is 0 Å². The summed E-state index contributed by atoms with van der Waals surface area (Å²) < 4.78 is 0.757. The molecule has 1 heterocycles. The lowest BCUT2D eigenvalue weighted by atomic mass is 10.1. The number of aromatic nitrogens is 2. The number of nitrogens with zero attached hydrogens (tertiary/aromatic N) is 2. The normalized spacial score (nSPS) is 10.2. The maximum absolute atomic E-state index is 11.8. The third kappa shape index (κ3) is 4.43. The lowest BCUT2D eigenvalue weighted by Gasteiger charge is -2.03. The number of Topliss-reactive ketones (excluding diaryl/α,β-unsaturated/α-hetero) is 1. The van der Waals surface area contributed by atoms with Crippen molar-refractivity contribution in [2.75, 3.05) is 12.3 Å². The highest BCUT2D eigenvalue weighted by atomic mass is 32.2. The fourth-order valence-corrected chi connectivity index (χ4v) is 3.07. The van der Waals surface area contributed by atoms with E-state index in [-0.39, 0.29) is 24.0 Å². The van der Waals surface area contributed by atoms with Crippen LogP contribution >= 0.6 is 23.1 Å². The molecule has 2 aromatic rings. The Bertz CT molecular complexity index is 599. The predicted octanol–water partition coefficient (Wildman–Crippen LogP) is 1.94. The van der Waals surface area contributed by atoms with E-state index in [2.05, 4.69) is 15.5 Å². The number of hydrogen-bond acceptors (Lipinski definition) is 6. The zero-order valence-electron chi connectivity index (χ0n) is 10.8. The number of hydrogen-bond donors (Lipinski definition) is 1. The maximum atomic E-state index is 11.8. The van der Waals surface area contributed by atoms with E-state index in [1.165, 1.54) is 23.1 Å². The molecule has 7 heteroatoms. The smallest absolute Gasteiger partial charge is 0.230 e. The first-order chi connectivity index (χ1) is 9.65. The summed E-state index contributed by atoms with van der Waals surface area (Å²) in [5.41, 5.74) is 0.597. The molecule has 1 aromatic carbocycles. The summed E-state index contributed by atoms with van der Waals surface area (Å²) in [6, 6.07) is 8.89. The Morgan fingerprint density at radius 1 is 1.25 bits per heavy atom. The van der Waals surface area contributed by atoms with Crippen LogP contribution in [0.15, 0.2) is 34.7 Å². The van der Waals surface area contributed by atoms with E-state index in [0.717, 1.165) is 9.35 Å². The zero-order chi connectivity index (χ0) is 14.4. The van der Waals surface area contributed by atoms with Crippen LogP contribution in [0.5, 0.6) is 0 Å². The van der Waals surface area contributed by atoms with E-state index >= 15 is 0 Å². The molecule has 0 spiro atoms. The number of aryl methyl sites for hydroxylation is 1. The molecular weight excluding hydrogens is 294 g/mol. The summed E-state index contributed by atoms with van der Waals surface area (Å²) in [6.45, 7) is 1.87. The van der Waals surface area contributed by atoms with Crippen LogP contribution in [0, 0.1) is 6.92 Å². The van der Waals surface area contributed by atoms with E-state index in [4.69, 9.17) is 0 Å². The molecule has 1 N–H and O–H groups in total. The Kier molecular flexibility index (Phi) is 5.25. The highest BCUT2D eigenvalue weighted by Gasteiger charge is 2.09. The minimum Gasteiger partial charge on any atom is -0.348 e. The molecule has 20 heavy (non-hydrogen) atoms. The second-order valence-corrected chi connectivity index (χ2v) is 6.35. The molecule has 1 amide bonds. The molecule has 0 fully saturated rings. The summed E-state index contributed by atoms with van der Waals surface area (Å²) in [4.78, 5) is 23.4. The zero-order valence-corrected chi connectivity index (χ0v) is 12.5. The monoisotopic (exact) mass is 307 g/mol. The van der Waals surface area contributed by atoms with Crippen LogP contribution in [-0.4, -0.2) is 34.2 Å². The Morgan fingerprint density at radius 2 is 2.00 bits per heavy atom. The molecule has 5 nitrogen and oxygen atoms in total. The van der Waals surface area contributed by atoms with Gasteiger partial charge in [-0.1, -0.05) is 53.4 Å². The van der Waals surface area contributed by atoms with Crippen molar-refractivity contribution in [1.29, 1.82) is 0 Å². The van der Waals surface area contributed by atoms with Crippen LogP contribution < -0.4 is 5.32 Å². The van der Waals surface area contributed by atoms with Gasteiger partial charge in [-0.25, -0.2) is 0 Å². The van der Waals surface area contributed by atoms with E-state index < -0.39 is 0 Å². The van der Waals surface area contributed by atoms with Crippen LogP contribution in [0.2, 0.25) is 0 Å². The summed E-state index contributed by atoms with van der Waals surface area (Å²) >= 11 is 2.76. The van der Waals surface area contributed by atoms with Gasteiger partial charge in [0.25, 0.3) is 0 Å². The number of benzene rings is 1. The van der Waals surface area contributed by atoms with Crippen molar-refractivity contribution >= 4 is 34.8 Å². The molecule has 0 aliphatic rings. The van der Waals surface area contributed by atoms with Gasteiger partial charge in [0, 0.05) is 5.56 Å². The summed E-state index contributed by atoms with van der Waals surface area (Å²) in [5.74, 6) is -0.0562. The molecule has 104 valence electrons. The molecular formula is C13H13N3O2S2. The molecule has 0 aliphatic heterocycles. The number of rotatable bonds is 6. The number of carbonyl (C=O) groups excluding carboxylic acids is 2. The Hall–Kier alpha value is -1.73. The van der Waals surface area contributed by atoms with Gasteiger partial charge < -0.3 is 5.32 Å². The molecule has 0 radical (unpaired) electrons. The first-order valence-corrected chi connectivity index (χ1v) is 7.73. The van der Waals surface area contributed by atoms with Crippen molar-refractivity contribution in [3.8, 4) is 0 Å². The van der Waals surface area contributed by atoms with Crippen molar-refractivity contribution in [1.82, 2.24) is 15.5 Å². The van der Waals surface area contributed by atoms with Crippen LogP contribution in [-0.2, 0) is 4.79 Å². The van der Waals surface area contributed by atoms with Crippen molar-refractivity contribution in [3.05, 3.63) is 40.9 Å². The van der Waals surface area contributed by atoms with Crippen molar-refractivity contribution in [3.63, 3.8) is 0 Å². The number of amides is 1. The van der Waals surface area contributed by atoms with E-state index in [1.807, 2.05) is 13.0 Å². The second-order valence-electron chi connectivity index (χ2n) is 3.94. The minimum atomic E-state index is -0.188. The third-order valence-corrected chi connectivity index (χ3v) is 4.35. The fourth-order valence-electron chi connectivity index (χ4n) is 1.42. The SMILES string of the molecule is Cc1nnc(SCC(=O)NCC(=O)c2ccccc2)s1. The largest absolute Gasteiger partial charge is 0.348 e. The summed E-state index contributed by atoms with van der Waals surface area (Å²) in [6.07, 6.45) is 0. The van der Waals surface area contributed by atoms with Gasteiger partial charge in [0.15, 0.2) is 10.1 Å². The first kappa shape index (κ1) is 14.7. The van der Waals surface area contributed by atoms with E-state index in [1.54, 1.807) is 24.3 Å². The van der Waals surface area contributed by atoms with Gasteiger partial charge in [0.05, 0.1) is 12.3 Å². The molecule has 2 rings (SSSR count). The highest BCUT2D eigenvalue weighted by Crippen LogP contribution is 2.21. The lowest BCUT2D eigenvalue weighted by Crippen LogP contribution is -2.30. The molecule has 1 aromatic heterocycles. The number of thioether (sulfide) groups is 1. The van der Waals surface area contributed by atoms with Gasteiger partial charge in [-0.2, -0.15) is 0 Å². The van der Waals surface area contributed by atoms with Crippen LogP contribution in [0.4, 0.5) is 0 Å². The molecule has 0 saturated carbocycles. The molecule has 0 unspecified atom stereocenters. The first-order valence-electron chi connectivity index (χ1n) is 5.93. The number of nitrogens with one attached hydrogen (secondary N) is 1. The van der Waals surface area contributed by atoms with Gasteiger partial charge in [-0.05, 0) is 6.92 Å². The average molecular weight is 307 g/mol. The Labute approximate surface area is 124 Å². The molecule has 0 bridgehead atoms. The summed E-state index contributed by atoms with van der Waals surface area (Å²) in [5, 5.41) is 11.3. The molecule has 0 saturated heterocycles. The predicted molar refractivity (Wildman–Crippen MR) is 79.2 cm³/mol. The van der Waals surface area contributed by atoms with E-state index in [9.17, 15) is 9.59 Å². The Morgan fingerprint density at radius 3 is 2.65 bits per heavy atom. The topological polar surface area (TPSA) is 72.0 Å². The van der Waals surface area contributed by atoms with Crippen LogP contribution in [0.25, 0.3) is 0 Å². The van der Waals surface area contributed by atoms with Gasteiger partial charge in [0.2, 0.25) is 5.91 Å². The quantitative estimate of drug-likeness (QED) is 0.652. The van der Waals surface area contributed by atoms with Crippen molar-refractivity contribution < 1.29 is 9.59 Å². The second kappa shape index (κ2) is 7.16. The van der Waals surface area contributed by atoms with Crippen LogP contribution in [0.3, 0.4) is 0 Å². The number of ketones is 1. The highest BCUT2D eigenvalue weighted by molar-refractivity contribution is 8.01. The fraction of sp³-hybridized carbons (Fsp3) is 0.231. The standard InChI is InChI=1S/C13H13N3O2S2/c1-9-15-16-13(20-9)19-8-12(18)14-7-11(17)10-5-3-2-4-6-10/h2-6H,7-8H2,1H3,(H,14,18). The minimum absolute atomic E-state index is 0.0125. The third-order valence-electron chi connectivity index (χ3n) is 2.38. The van der Waals surface area contributed by atoms with Gasteiger partial charge in [-0.3, -0.25) is 9.59 Å². The summed E-state index contributed by atoms with van der Waals surface area (Å²) in [7, 11) is 0. The lowest BCUT2D eigenvalue weighted by molar-refractivity contribution is -0.118. The van der Waals surface area contributed by atoms with Gasteiger partial charge in [-0.15, -0.1) is 10.2 Å². The average Bonchev–Trinajstić information content (AvgIpc) is 2.89. The van der Waals surface area contributed by atoms with Crippen LogP contribution in [0.1, 0.15) is 15.4 Å². The van der Waals surface area contributed by atoms with E-state index in [0.29, 0.717) is 5.56 Å². The molecule has 0 atom stereocenters. The maximum Gasteiger partial charge on any atom is 0.230 e. The number of carbonyl (C=O) groups is 2. The van der Waals surface area contributed by atoms with Crippen molar-refractivity contribution in [2.24, 2.45) is 0 Å². The Balaban J connectivity index is 1.74. The molecule has 0 aliphatic carbocycles.